The van der Waals surface area contributed by atoms with Crippen molar-refractivity contribution in [1.82, 2.24) is 4.90 Å². The molecule has 1 amide bonds. The highest BCUT2D eigenvalue weighted by molar-refractivity contribution is 5.99. The molecule has 1 heterocycles. The summed E-state index contributed by atoms with van der Waals surface area (Å²) in [4.78, 5) is 25.1. The first-order valence-corrected chi connectivity index (χ1v) is 6.25. The fraction of sp³-hybridized carbons (Fsp3) is 0.429. The van der Waals surface area contributed by atoms with Gasteiger partial charge in [0.15, 0.2) is 0 Å². The fourth-order valence-electron chi connectivity index (χ4n) is 1.97. The van der Waals surface area contributed by atoms with Crippen LogP contribution in [0, 0.1) is 0 Å². The first kappa shape index (κ1) is 12.6. The van der Waals surface area contributed by atoms with Crippen LogP contribution in [0.5, 0.6) is 0 Å². The molecule has 0 N–H and O–H groups in total. The molecule has 0 saturated heterocycles. The SMILES string of the molecule is CCCCOC(=O)CN1Cc2ccccc2C1=O. The van der Waals surface area contributed by atoms with E-state index >= 15 is 0 Å². The molecule has 2 rings (SSSR count). The van der Waals surface area contributed by atoms with Gasteiger partial charge in [-0.15, -0.1) is 0 Å². The van der Waals surface area contributed by atoms with Gasteiger partial charge in [0.1, 0.15) is 6.54 Å². The van der Waals surface area contributed by atoms with E-state index in [2.05, 4.69) is 0 Å². The monoisotopic (exact) mass is 247 g/mol. The molecule has 96 valence electrons. The maximum absolute atomic E-state index is 12.0. The third kappa shape index (κ3) is 2.70. The molecule has 1 aliphatic rings. The van der Waals surface area contributed by atoms with E-state index in [1.165, 1.54) is 4.90 Å². The summed E-state index contributed by atoms with van der Waals surface area (Å²) < 4.78 is 5.06. The second kappa shape index (κ2) is 5.67. The van der Waals surface area contributed by atoms with Crippen LogP contribution in [-0.2, 0) is 16.1 Å². The van der Waals surface area contributed by atoms with Gasteiger partial charge in [-0.05, 0) is 18.1 Å². The van der Waals surface area contributed by atoms with Crippen molar-refractivity contribution < 1.29 is 14.3 Å². The first-order chi connectivity index (χ1) is 8.72. The number of amides is 1. The molecule has 1 aromatic carbocycles. The van der Waals surface area contributed by atoms with Gasteiger partial charge in [0.25, 0.3) is 5.91 Å². The van der Waals surface area contributed by atoms with Crippen molar-refractivity contribution in [1.29, 1.82) is 0 Å². The van der Waals surface area contributed by atoms with E-state index in [1.807, 2.05) is 25.1 Å². The highest BCUT2D eigenvalue weighted by Gasteiger charge is 2.28. The number of rotatable bonds is 5. The average molecular weight is 247 g/mol. The van der Waals surface area contributed by atoms with E-state index in [0.29, 0.717) is 18.7 Å². The van der Waals surface area contributed by atoms with Gasteiger partial charge in [0.2, 0.25) is 0 Å². The molecule has 0 unspecified atom stereocenters. The fourth-order valence-corrected chi connectivity index (χ4v) is 1.97. The Morgan fingerprint density at radius 3 is 2.89 bits per heavy atom. The Hall–Kier alpha value is -1.84. The molecule has 0 spiro atoms. The lowest BCUT2D eigenvalue weighted by molar-refractivity contribution is -0.144. The van der Waals surface area contributed by atoms with Crippen LogP contribution in [0.15, 0.2) is 24.3 Å². The standard InChI is InChI=1S/C14H17NO3/c1-2-3-8-18-13(16)10-15-9-11-6-4-5-7-12(11)14(15)17/h4-7H,2-3,8-10H2,1H3. The largest absolute Gasteiger partial charge is 0.464 e. The number of nitrogens with zero attached hydrogens (tertiary/aromatic N) is 1. The number of hydrogen-bond acceptors (Lipinski definition) is 3. The van der Waals surface area contributed by atoms with Gasteiger partial charge >= 0.3 is 5.97 Å². The highest BCUT2D eigenvalue weighted by Crippen LogP contribution is 2.21. The van der Waals surface area contributed by atoms with Gasteiger partial charge in [0, 0.05) is 12.1 Å². The molecule has 0 bridgehead atoms. The van der Waals surface area contributed by atoms with Crippen LogP contribution in [-0.4, -0.2) is 29.9 Å². The summed E-state index contributed by atoms with van der Waals surface area (Å²) in [5.41, 5.74) is 1.67. The van der Waals surface area contributed by atoms with Crippen LogP contribution in [0.4, 0.5) is 0 Å². The molecule has 0 radical (unpaired) electrons. The zero-order valence-electron chi connectivity index (χ0n) is 10.5. The summed E-state index contributed by atoms with van der Waals surface area (Å²) >= 11 is 0. The van der Waals surface area contributed by atoms with Crippen molar-refractivity contribution >= 4 is 11.9 Å². The predicted octanol–water partition coefficient (Wildman–Crippen LogP) is 1.99. The zero-order valence-corrected chi connectivity index (χ0v) is 10.5. The van der Waals surface area contributed by atoms with E-state index in [1.54, 1.807) is 6.07 Å². The van der Waals surface area contributed by atoms with Crippen molar-refractivity contribution in [2.75, 3.05) is 13.2 Å². The van der Waals surface area contributed by atoms with Gasteiger partial charge in [-0.1, -0.05) is 31.5 Å². The zero-order chi connectivity index (χ0) is 13.0. The lowest BCUT2D eigenvalue weighted by Crippen LogP contribution is -2.31. The number of carbonyl (C=O) groups is 2. The molecule has 4 heteroatoms. The first-order valence-electron chi connectivity index (χ1n) is 6.25. The van der Waals surface area contributed by atoms with Crippen molar-refractivity contribution in [3.05, 3.63) is 35.4 Å². The maximum Gasteiger partial charge on any atom is 0.325 e. The molecule has 0 fully saturated rings. The number of ether oxygens (including phenoxy) is 1. The number of hydrogen-bond donors (Lipinski definition) is 0. The maximum atomic E-state index is 12.0. The second-order valence-corrected chi connectivity index (χ2v) is 4.39. The minimum absolute atomic E-state index is 0.0389. The topological polar surface area (TPSA) is 46.6 Å². The number of unbranched alkanes of at least 4 members (excludes halogenated alkanes) is 1. The van der Waals surface area contributed by atoms with Crippen molar-refractivity contribution in [2.24, 2.45) is 0 Å². The predicted molar refractivity (Wildman–Crippen MR) is 67.0 cm³/mol. The Labute approximate surface area is 107 Å². The van der Waals surface area contributed by atoms with Gasteiger partial charge in [0.05, 0.1) is 6.61 Å². The molecule has 0 saturated carbocycles. The molecule has 0 atom stereocenters. The van der Waals surface area contributed by atoms with Crippen LogP contribution in [0.2, 0.25) is 0 Å². The average Bonchev–Trinajstić information content (AvgIpc) is 2.67. The third-order valence-electron chi connectivity index (χ3n) is 2.98. The molecule has 0 aromatic heterocycles. The Balaban J connectivity index is 1.90. The van der Waals surface area contributed by atoms with Crippen molar-refractivity contribution in [2.45, 2.75) is 26.3 Å². The van der Waals surface area contributed by atoms with E-state index in [0.717, 1.165) is 18.4 Å². The van der Waals surface area contributed by atoms with E-state index in [4.69, 9.17) is 4.74 Å². The molecule has 1 aliphatic heterocycles. The molecule has 4 nitrogen and oxygen atoms in total. The van der Waals surface area contributed by atoms with E-state index in [-0.39, 0.29) is 18.4 Å². The second-order valence-electron chi connectivity index (χ2n) is 4.39. The lowest BCUT2D eigenvalue weighted by atomic mass is 10.1. The summed E-state index contributed by atoms with van der Waals surface area (Å²) in [6.07, 6.45) is 1.85. The Morgan fingerprint density at radius 2 is 2.17 bits per heavy atom. The summed E-state index contributed by atoms with van der Waals surface area (Å²) in [5.74, 6) is -0.414. The molecular weight excluding hydrogens is 230 g/mol. The van der Waals surface area contributed by atoms with Crippen LogP contribution in [0.1, 0.15) is 35.7 Å². The number of esters is 1. The number of carbonyl (C=O) groups excluding carboxylic acids is 2. The van der Waals surface area contributed by atoms with Crippen molar-refractivity contribution in [3.63, 3.8) is 0 Å². The summed E-state index contributed by atoms with van der Waals surface area (Å²) in [6, 6.07) is 7.44. The van der Waals surface area contributed by atoms with Crippen LogP contribution < -0.4 is 0 Å². The van der Waals surface area contributed by atoms with Crippen LogP contribution >= 0.6 is 0 Å². The highest BCUT2D eigenvalue weighted by atomic mass is 16.5. The Bertz CT molecular complexity index is 456. The Morgan fingerprint density at radius 1 is 1.39 bits per heavy atom. The smallest absolute Gasteiger partial charge is 0.325 e. The van der Waals surface area contributed by atoms with E-state index < -0.39 is 0 Å². The number of benzene rings is 1. The molecule has 0 aliphatic carbocycles. The van der Waals surface area contributed by atoms with Gasteiger partial charge < -0.3 is 9.64 Å². The van der Waals surface area contributed by atoms with Crippen LogP contribution in [0.25, 0.3) is 0 Å². The van der Waals surface area contributed by atoms with Crippen LogP contribution in [0.3, 0.4) is 0 Å². The third-order valence-corrected chi connectivity index (χ3v) is 2.98. The molecule has 1 aromatic rings. The normalized spacial score (nSPS) is 13.6. The summed E-state index contributed by atoms with van der Waals surface area (Å²) in [7, 11) is 0. The minimum atomic E-state index is -0.329. The summed E-state index contributed by atoms with van der Waals surface area (Å²) in [5, 5.41) is 0. The molecule has 18 heavy (non-hydrogen) atoms. The lowest BCUT2D eigenvalue weighted by Gasteiger charge is -2.14. The van der Waals surface area contributed by atoms with Gasteiger partial charge in [-0.25, -0.2) is 0 Å². The minimum Gasteiger partial charge on any atom is -0.464 e. The molecular formula is C14H17NO3. The van der Waals surface area contributed by atoms with E-state index in [9.17, 15) is 9.59 Å². The van der Waals surface area contributed by atoms with Gasteiger partial charge in [-0.2, -0.15) is 0 Å². The number of fused-ring (bicyclic) bond motifs is 1. The quantitative estimate of drug-likeness (QED) is 0.590. The van der Waals surface area contributed by atoms with Gasteiger partial charge in [-0.3, -0.25) is 9.59 Å². The van der Waals surface area contributed by atoms with Crippen molar-refractivity contribution in [3.8, 4) is 0 Å². The summed E-state index contributed by atoms with van der Waals surface area (Å²) in [6.45, 7) is 3.01. The Kier molecular flexibility index (Phi) is 3.97.